The predicted octanol–water partition coefficient (Wildman–Crippen LogP) is 2.99. The van der Waals surface area contributed by atoms with E-state index in [0.717, 1.165) is 21.7 Å². The van der Waals surface area contributed by atoms with Gasteiger partial charge in [0.05, 0.1) is 22.1 Å². The molecule has 5 nitrogen and oxygen atoms in total. The molecule has 112 valence electrons. The number of nitrogens with one attached hydrogen (secondary N) is 1. The quantitative estimate of drug-likeness (QED) is 0.891. The summed E-state index contributed by atoms with van der Waals surface area (Å²) in [7, 11) is 3.84. The largest absolute Gasteiger partial charge is 0.465 e. The predicted molar refractivity (Wildman–Crippen MR) is 84.7 cm³/mol. The third-order valence-corrected chi connectivity index (χ3v) is 4.14. The SMILES string of the molecule is Cc1ncsc1-c1ccc(C(CN(C)C)NC(=O)O)cc1. The summed E-state index contributed by atoms with van der Waals surface area (Å²) in [5.41, 5.74) is 4.91. The third kappa shape index (κ3) is 4.03. The van der Waals surface area contributed by atoms with E-state index in [0.29, 0.717) is 6.54 Å². The topological polar surface area (TPSA) is 65.5 Å². The van der Waals surface area contributed by atoms with Gasteiger partial charge < -0.3 is 15.3 Å². The Balaban J connectivity index is 2.23. The second-order valence-corrected chi connectivity index (χ2v) is 6.01. The zero-order valence-electron chi connectivity index (χ0n) is 12.3. The lowest BCUT2D eigenvalue weighted by atomic mass is 10.0. The lowest BCUT2D eigenvalue weighted by Gasteiger charge is -2.21. The number of hydrogen-bond donors (Lipinski definition) is 2. The molecule has 1 atom stereocenters. The maximum atomic E-state index is 10.9. The molecule has 0 fully saturated rings. The van der Waals surface area contributed by atoms with Crippen LogP contribution in [-0.2, 0) is 0 Å². The average molecular weight is 305 g/mol. The van der Waals surface area contributed by atoms with Gasteiger partial charge in [-0.05, 0) is 32.1 Å². The number of likely N-dealkylation sites (N-methyl/N-ethyl adjacent to an activating group) is 1. The van der Waals surface area contributed by atoms with Crippen LogP contribution in [0.3, 0.4) is 0 Å². The van der Waals surface area contributed by atoms with Crippen molar-refractivity contribution in [3.8, 4) is 10.4 Å². The minimum Gasteiger partial charge on any atom is -0.465 e. The Morgan fingerprint density at radius 1 is 1.38 bits per heavy atom. The molecule has 0 bridgehead atoms. The number of amides is 1. The summed E-state index contributed by atoms with van der Waals surface area (Å²) in [6.07, 6.45) is -1.01. The Morgan fingerprint density at radius 3 is 2.52 bits per heavy atom. The molecule has 2 aromatic rings. The van der Waals surface area contributed by atoms with Crippen LogP contribution in [0.2, 0.25) is 0 Å². The van der Waals surface area contributed by atoms with Crippen LogP contribution in [0, 0.1) is 6.92 Å². The smallest absolute Gasteiger partial charge is 0.405 e. The van der Waals surface area contributed by atoms with Crippen LogP contribution in [0.4, 0.5) is 4.79 Å². The van der Waals surface area contributed by atoms with E-state index in [-0.39, 0.29) is 6.04 Å². The molecular weight excluding hydrogens is 286 g/mol. The maximum absolute atomic E-state index is 10.9. The summed E-state index contributed by atoms with van der Waals surface area (Å²) >= 11 is 1.61. The molecule has 0 aliphatic heterocycles. The number of hydrogen-bond acceptors (Lipinski definition) is 4. The maximum Gasteiger partial charge on any atom is 0.405 e. The van der Waals surface area contributed by atoms with Gasteiger partial charge in [0, 0.05) is 6.54 Å². The Kier molecular flexibility index (Phi) is 4.93. The van der Waals surface area contributed by atoms with Gasteiger partial charge in [-0.25, -0.2) is 9.78 Å². The summed E-state index contributed by atoms with van der Waals surface area (Å²) in [6.45, 7) is 2.60. The minimum atomic E-state index is -1.01. The number of nitrogens with zero attached hydrogens (tertiary/aromatic N) is 2. The molecule has 21 heavy (non-hydrogen) atoms. The Hall–Kier alpha value is -1.92. The van der Waals surface area contributed by atoms with Crippen LogP contribution in [0.1, 0.15) is 17.3 Å². The monoisotopic (exact) mass is 305 g/mol. The van der Waals surface area contributed by atoms with Gasteiger partial charge in [-0.1, -0.05) is 24.3 Å². The van der Waals surface area contributed by atoms with E-state index in [1.807, 2.05) is 55.7 Å². The van der Waals surface area contributed by atoms with Gasteiger partial charge in [0.15, 0.2) is 0 Å². The second kappa shape index (κ2) is 6.69. The molecule has 0 aliphatic carbocycles. The molecule has 0 radical (unpaired) electrons. The van der Waals surface area contributed by atoms with E-state index >= 15 is 0 Å². The van der Waals surface area contributed by atoms with Crippen molar-refractivity contribution in [3.05, 3.63) is 41.0 Å². The van der Waals surface area contributed by atoms with Crippen LogP contribution in [0.15, 0.2) is 29.8 Å². The summed E-state index contributed by atoms with van der Waals surface area (Å²) in [5.74, 6) is 0. The molecule has 0 saturated heterocycles. The van der Waals surface area contributed by atoms with E-state index in [1.165, 1.54) is 0 Å². The highest BCUT2D eigenvalue weighted by atomic mass is 32.1. The van der Waals surface area contributed by atoms with Gasteiger partial charge in [-0.3, -0.25) is 0 Å². The van der Waals surface area contributed by atoms with Crippen molar-refractivity contribution >= 4 is 17.4 Å². The lowest BCUT2D eigenvalue weighted by molar-refractivity contribution is 0.186. The van der Waals surface area contributed by atoms with E-state index in [1.54, 1.807) is 11.3 Å². The molecule has 1 amide bonds. The van der Waals surface area contributed by atoms with Crippen LogP contribution in [0.25, 0.3) is 10.4 Å². The normalized spacial score (nSPS) is 12.4. The Labute approximate surface area is 128 Å². The molecule has 0 aliphatic rings. The van der Waals surface area contributed by atoms with E-state index < -0.39 is 6.09 Å². The van der Waals surface area contributed by atoms with Crippen molar-refractivity contribution in [2.45, 2.75) is 13.0 Å². The molecule has 1 unspecified atom stereocenters. The third-order valence-electron chi connectivity index (χ3n) is 3.17. The number of carboxylic acid groups (broad SMARTS) is 1. The van der Waals surface area contributed by atoms with Crippen molar-refractivity contribution in [1.29, 1.82) is 0 Å². The second-order valence-electron chi connectivity index (χ2n) is 5.15. The van der Waals surface area contributed by atoms with E-state index in [9.17, 15) is 4.79 Å². The van der Waals surface area contributed by atoms with Crippen molar-refractivity contribution in [3.63, 3.8) is 0 Å². The zero-order valence-corrected chi connectivity index (χ0v) is 13.1. The number of aromatic nitrogens is 1. The van der Waals surface area contributed by atoms with Crippen molar-refractivity contribution in [1.82, 2.24) is 15.2 Å². The van der Waals surface area contributed by atoms with E-state index in [4.69, 9.17) is 5.11 Å². The first-order valence-electron chi connectivity index (χ1n) is 6.62. The van der Waals surface area contributed by atoms with Gasteiger partial charge in [-0.15, -0.1) is 11.3 Å². The molecule has 1 heterocycles. The minimum absolute atomic E-state index is 0.242. The first kappa shape index (κ1) is 15.5. The summed E-state index contributed by atoms with van der Waals surface area (Å²) in [4.78, 5) is 18.3. The fourth-order valence-corrected chi connectivity index (χ4v) is 3.01. The highest BCUT2D eigenvalue weighted by Crippen LogP contribution is 2.28. The Bertz CT molecular complexity index is 608. The number of benzene rings is 1. The summed E-state index contributed by atoms with van der Waals surface area (Å²) in [5, 5.41) is 11.5. The van der Waals surface area contributed by atoms with Crippen molar-refractivity contribution < 1.29 is 9.90 Å². The zero-order chi connectivity index (χ0) is 15.4. The highest BCUT2D eigenvalue weighted by Gasteiger charge is 2.15. The van der Waals surface area contributed by atoms with Gasteiger partial charge in [0.2, 0.25) is 0 Å². The van der Waals surface area contributed by atoms with Gasteiger partial charge in [0.25, 0.3) is 0 Å². The molecule has 1 aromatic heterocycles. The standard InChI is InChI=1S/C15H19N3O2S/c1-10-14(21-9-16-10)12-6-4-11(5-7-12)13(8-18(2)3)17-15(19)20/h4-7,9,13,17H,8H2,1-3H3,(H,19,20). The highest BCUT2D eigenvalue weighted by molar-refractivity contribution is 7.13. The Morgan fingerprint density at radius 2 is 2.05 bits per heavy atom. The number of thiazole rings is 1. The molecule has 6 heteroatoms. The van der Waals surface area contributed by atoms with Gasteiger partial charge in [-0.2, -0.15) is 0 Å². The molecule has 2 N–H and O–H groups in total. The first-order valence-corrected chi connectivity index (χ1v) is 7.50. The molecule has 0 spiro atoms. The van der Waals surface area contributed by atoms with E-state index in [2.05, 4.69) is 10.3 Å². The van der Waals surface area contributed by atoms with Crippen LogP contribution in [-0.4, -0.2) is 41.7 Å². The fraction of sp³-hybridized carbons (Fsp3) is 0.333. The molecule has 0 saturated carbocycles. The fourth-order valence-electron chi connectivity index (χ4n) is 2.19. The van der Waals surface area contributed by atoms with Crippen LogP contribution >= 0.6 is 11.3 Å². The number of aryl methyl sites for hydroxylation is 1. The lowest BCUT2D eigenvalue weighted by Crippen LogP contribution is -2.34. The van der Waals surface area contributed by atoms with Gasteiger partial charge >= 0.3 is 6.09 Å². The van der Waals surface area contributed by atoms with Crippen molar-refractivity contribution in [2.75, 3.05) is 20.6 Å². The molecular formula is C15H19N3O2S. The number of rotatable bonds is 5. The summed E-state index contributed by atoms with van der Waals surface area (Å²) < 4.78 is 0. The first-order chi connectivity index (χ1) is 9.97. The van der Waals surface area contributed by atoms with Crippen LogP contribution in [0.5, 0.6) is 0 Å². The molecule has 2 rings (SSSR count). The summed E-state index contributed by atoms with van der Waals surface area (Å²) in [6, 6.07) is 7.73. The average Bonchev–Trinajstić information content (AvgIpc) is 2.83. The van der Waals surface area contributed by atoms with Crippen molar-refractivity contribution in [2.24, 2.45) is 0 Å². The molecule has 1 aromatic carbocycles. The van der Waals surface area contributed by atoms with Gasteiger partial charge in [0.1, 0.15) is 0 Å². The number of carbonyl (C=O) groups is 1. The van der Waals surface area contributed by atoms with Crippen LogP contribution < -0.4 is 5.32 Å².